The van der Waals surface area contributed by atoms with Crippen LogP contribution < -0.4 is 5.32 Å². The van der Waals surface area contributed by atoms with Crippen molar-refractivity contribution in [3.8, 4) is 5.69 Å². The number of nitrogens with one attached hydrogen (secondary N) is 1. The van der Waals surface area contributed by atoms with E-state index >= 15 is 0 Å². The molecule has 3 amide bonds. The third kappa shape index (κ3) is 4.79. The van der Waals surface area contributed by atoms with Crippen LogP contribution in [0, 0.1) is 13.8 Å². The molecule has 0 spiro atoms. The Balaban J connectivity index is 1.50. The van der Waals surface area contributed by atoms with Crippen molar-refractivity contribution in [1.82, 2.24) is 9.47 Å². The van der Waals surface area contributed by atoms with Gasteiger partial charge >= 0.3 is 5.97 Å². The number of nitrogens with zero attached hydrogens (tertiary/aromatic N) is 2. The minimum Gasteiger partial charge on any atom is -0.478 e. The molecule has 1 aromatic heterocycles. The van der Waals surface area contributed by atoms with E-state index in [2.05, 4.69) is 5.32 Å². The summed E-state index contributed by atoms with van der Waals surface area (Å²) in [6.07, 6.45) is 3.35. The van der Waals surface area contributed by atoms with Crippen molar-refractivity contribution in [2.24, 2.45) is 0 Å². The number of carbonyl (C=O) groups excluding carboxylic acids is 3. The van der Waals surface area contributed by atoms with E-state index in [0.717, 1.165) is 27.8 Å². The molecular formula is C25H21N3O5S. The Kier molecular flexibility index (Phi) is 6.38. The van der Waals surface area contributed by atoms with Crippen molar-refractivity contribution in [3.05, 3.63) is 88.1 Å². The van der Waals surface area contributed by atoms with Crippen LogP contribution in [0.5, 0.6) is 0 Å². The predicted octanol–water partition coefficient (Wildman–Crippen LogP) is 4.47. The summed E-state index contributed by atoms with van der Waals surface area (Å²) in [5.41, 5.74) is 4.08. The number of carboxylic acid groups (broad SMARTS) is 1. The highest BCUT2D eigenvalue weighted by Gasteiger charge is 2.36. The van der Waals surface area contributed by atoms with E-state index in [0.29, 0.717) is 17.1 Å². The number of hydrogen-bond acceptors (Lipinski definition) is 5. The molecule has 8 nitrogen and oxygen atoms in total. The average molecular weight is 476 g/mol. The van der Waals surface area contributed by atoms with Crippen molar-refractivity contribution in [3.63, 3.8) is 0 Å². The molecule has 172 valence electrons. The van der Waals surface area contributed by atoms with Gasteiger partial charge in [-0.05, 0) is 79.7 Å². The number of hydrogen-bond donors (Lipinski definition) is 2. The van der Waals surface area contributed by atoms with Gasteiger partial charge in [0.1, 0.15) is 6.54 Å². The number of carbonyl (C=O) groups is 4. The molecule has 0 unspecified atom stereocenters. The molecule has 2 heterocycles. The van der Waals surface area contributed by atoms with Gasteiger partial charge in [0, 0.05) is 23.3 Å². The molecule has 0 bridgehead atoms. The molecule has 0 saturated carbocycles. The van der Waals surface area contributed by atoms with Gasteiger partial charge in [-0.15, -0.1) is 0 Å². The van der Waals surface area contributed by atoms with Crippen LogP contribution in [-0.4, -0.2) is 44.1 Å². The van der Waals surface area contributed by atoms with Gasteiger partial charge in [-0.3, -0.25) is 19.3 Å². The molecule has 1 saturated heterocycles. The molecular weight excluding hydrogens is 454 g/mol. The van der Waals surface area contributed by atoms with Crippen LogP contribution in [0.25, 0.3) is 11.8 Å². The van der Waals surface area contributed by atoms with Gasteiger partial charge in [-0.1, -0.05) is 17.7 Å². The summed E-state index contributed by atoms with van der Waals surface area (Å²) in [4.78, 5) is 50.0. The van der Waals surface area contributed by atoms with Gasteiger partial charge in [-0.25, -0.2) is 4.79 Å². The second-order valence-electron chi connectivity index (χ2n) is 7.79. The Morgan fingerprint density at radius 3 is 2.47 bits per heavy atom. The molecule has 4 rings (SSSR count). The van der Waals surface area contributed by atoms with Crippen molar-refractivity contribution in [2.75, 3.05) is 11.9 Å². The van der Waals surface area contributed by atoms with Crippen molar-refractivity contribution in [2.45, 2.75) is 13.8 Å². The third-order valence-corrected chi connectivity index (χ3v) is 6.19. The number of rotatable bonds is 6. The van der Waals surface area contributed by atoms with Crippen LogP contribution in [-0.2, 0) is 9.59 Å². The van der Waals surface area contributed by atoms with Crippen LogP contribution >= 0.6 is 11.8 Å². The zero-order valence-corrected chi connectivity index (χ0v) is 19.3. The van der Waals surface area contributed by atoms with E-state index in [1.54, 1.807) is 47.2 Å². The minimum absolute atomic E-state index is 0.165. The van der Waals surface area contributed by atoms with E-state index in [9.17, 15) is 19.2 Å². The molecule has 3 aromatic rings. The Bertz CT molecular complexity index is 1340. The lowest BCUT2D eigenvalue weighted by Crippen LogP contribution is -2.36. The topological polar surface area (TPSA) is 109 Å². The average Bonchev–Trinajstić information content (AvgIpc) is 3.36. The van der Waals surface area contributed by atoms with Crippen LogP contribution in [0.15, 0.2) is 65.7 Å². The van der Waals surface area contributed by atoms with Gasteiger partial charge in [0.25, 0.3) is 11.1 Å². The SMILES string of the molecule is Cc1ccc(NC(=O)CN2C(=O)S/C(=C/c3cccn3-c3ccc(C(=O)O)cc3)C2=O)c(C)c1. The molecule has 1 fully saturated rings. The first kappa shape index (κ1) is 23.1. The van der Waals surface area contributed by atoms with E-state index in [1.165, 1.54) is 12.1 Å². The minimum atomic E-state index is -1.02. The smallest absolute Gasteiger partial charge is 0.335 e. The monoisotopic (exact) mass is 475 g/mol. The number of anilines is 1. The number of aromatic carboxylic acids is 1. The zero-order valence-electron chi connectivity index (χ0n) is 18.4. The lowest BCUT2D eigenvalue weighted by atomic mass is 10.1. The second-order valence-corrected chi connectivity index (χ2v) is 8.78. The molecule has 1 aliphatic heterocycles. The molecule has 2 aromatic carbocycles. The van der Waals surface area contributed by atoms with Crippen LogP contribution in [0.1, 0.15) is 27.2 Å². The number of benzene rings is 2. The van der Waals surface area contributed by atoms with E-state index in [-0.39, 0.29) is 17.0 Å². The summed E-state index contributed by atoms with van der Waals surface area (Å²) in [5, 5.41) is 11.3. The molecule has 1 aliphatic rings. The fourth-order valence-corrected chi connectivity index (χ4v) is 4.39. The summed E-state index contributed by atoms with van der Waals surface area (Å²) < 4.78 is 1.77. The van der Waals surface area contributed by atoms with Gasteiger partial charge in [-0.2, -0.15) is 0 Å². The summed E-state index contributed by atoms with van der Waals surface area (Å²) in [5.74, 6) is -2.02. The third-order valence-electron chi connectivity index (χ3n) is 5.28. The predicted molar refractivity (Wildman–Crippen MR) is 130 cm³/mol. The summed E-state index contributed by atoms with van der Waals surface area (Å²) in [6.45, 7) is 3.44. The summed E-state index contributed by atoms with van der Waals surface area (Å²) in [6, 6.07) is 15.4. The van der Waals surface area contributed by atoms with E-state index in [4.69, 9.17) is 5.11 Å². The van der Waals surface area contributed by atoms with Gasteiger partial charge in [0.15, 0.2) is 0 Å². The molecule has 0 aliphatic carbocycles. The Morgan fingerprint density at radius 2 is 1.79 bits per heavy atom. The highest BCUT2D eigenvalue weighted by molar-refractivity contribution is 8.18. The maximum atomic E-state index is 12.9. The first-order chi connectivity index (χ1) is 16.2. The van der Waals surface area contributed by atoms with Crippen molar-refractivity contribution in [1.29, 1.82) is 0 Å². The maximum Gasteiger partial charge on any atom is 0.335 e. The Labute approximate surface area is 199 Å². The highest BCUT2D eigenvalue weighted by atomic mass is 32.2. The second kappa shape index (κ2) is 9.40. The molecule has 2 N–H and O–H groups in total. The first-order valence-electron chi connectivity index (χ1n) is 10.4. The number of amides is 3. The van der Waals surface area contributed by atoms with Crippen molar-refractivity contribution < 1.29 is 24.3 Å². The maximum absolute atomic E-state index is 12.9. The molecule has 0 radical (unpaired) electrons. The number of carboxylic acids is 1. The number of aromatic nitrogens is 1. The van der Waals surface area contributed by atoms with Crippen LogP contribution in [0.3, 0.4) is 0 Å². The quantitative estimate of drug-likeness (QED) is 0.510. The first-order valence-corrected chi connectivity index (χ1v) is 11.2. The Morgan fingerprint density at radius 1 is 1.06 bits per heavy atom. The molecule has 9 heteroatoms. The highest BCUT2D eigenvalue weighted by Crippen LogP contribution is 2.32. The van der Waals surface area contributed by atoms with Gasteiger partial charge < -0.3 is 15.0 Å². The van der Waals surface area contributed by atoms with Gasteiger partial charge in [0.2, 0.25) is 5.91 Å². The van der Waals surface area contributed by atoms with Crippen LogP contribution in [0.4, 0.5) is 10.5 Å². The van der Waals surface area contributed by atoms with E-state index < -0.39 is 23.0 Å². The molecule has 0 atom stereocenters. The number of imide groups is 1. The lowest BCUT2D eigenvalue weighted by Gasteiger charge is -2.14. The van der Waals surface area contributed by atoms with Gasteiger partial charge in [0.05, 0.1) is 10.5 Å². The van der Waals surface area contributed by atoms with E-state index in [1.807, 2.05) is 26.0 Å². The largest absolute Gasteiger partial charge is 0.478 e. The zero-order chi connectivity index (χ0) is 24.4. The van der Waals surface area contributed by atoms with Crippen LogP contribution in [0.2, 0.25) is 0 Å². The number of aryl methyl sites for hydroxylation is 2. The standard InChI is InChI=1S/C25H21N3O5S/c1-15-5-10-20(16(2)12-15)26-22(29)14-28-23(30)21(34-25(28)33)13-19-4-3-11-27(19)18-8-6-17(7-9-18)24(31)32/h3-13H,14H2,1-2H3,(H,26,29)(H,31,32)/b21-13+. The fourth-order valence-electron chi connectivity index (χ4n) is 3.57. The fraction of sp³-hybridized carbons (Fsp3) is 0.120. The Hall–Kier alpha value is -4.11. The number of thioether (sulfide) groups is 1. The molecule has 34 heavy (non-hydrogen) atoms. The normalized spacial score (nSPS) is 14.6. The summed E-state index contributed by atoms with van der Waals surface area (Å²) >= 11 is 0.771. The lowest BCUT2D eigenvalue weighted by molar-refractivity contribution is -0.127. The van der Waals surface area contributed by atoms with Crippen molar-refractivity contribution >= 4 is 46.5 Å². The summed E-state index contributed by atoms with van der Waals surface area (Å²) in [7, 11) is 0.